The number of aromatic nitrogens is 1. The molecule has 2 aliphatic rings. The van der Waals surface area contributed by atoms with E-state index in [9.17, 15) is 18.8 Å². The quantitative estimate of drug-likeness (QED) is 0.628. The number of morpholine rings is 1. The van der Waals surface area contributed by atoms with Crippen LogP contribution in [0.1, 0.15) is 55.6 Å². The van der Waals surface area contributed by atoms with E-state index in [1.807, 2.05) is 0 Å². The Morgan fingerprint density at radius 3 is 2.61 bits per heavy atom. The Morgan fingerprint density at radius 1 is 1.18 bits per heavy atom. The molecule has 1 aliphatic heterocycles. The fourth-order valence-electron chi connectivity index (χ4n) is 4.78. The zero-order chi connectivity index (χ0) is 23.4. The van der Waals surface area contributed by atoms with E-state index in [0.29, 0.717) is 26.3 Å². The molecule has 0 spiro atoms. The van der Waals surface area contributed by atoms with Crippen LogP contribution in [0.2, 0.25) is 0 Å². The van der Waals surface area contributed by atoms with Crippen molar-refractivity contribution >= 4 is 28.9 Å². The lowest BCUT2D eigenvalue weighted by Gasteiger charge is -2.36. The highest BCUT2D eigenvalue weighted by molar-refractivity contribution is 6.03. The molecule has 178 valence electrons. The average Bonchev–Trinajstić information content (AvgIpc) is 3.22. The largest absolute Gasteiger partial charge is 0.434 e. The van der Waals surface area contributed by atoms with E-state index in [-0.39, 0.29) is 41.7 Å². The van der Waals surface area contributed by atoms with Crippen LogP contribution in [0.5, 0.6) is 0 Å². The Hall–Kier alpha value is -3.01. The van der Waals surface area contributed by atoms with Gasteiger partial charge in [-0.3, -0.25) is 9.59 Å². The number of nitrogens with zero attached hydrogens (tertiary/aromatic N) is 2. The molecule has 1 aromatic carbocycles. The van der Waals surface area contributed by atoms with Gasteiger partial charge in [-0.1, -0.05) is 32.1 Å². The number of fused-ring (bicyclic) bond motifs is 1. The minimum Gasteiger partial charge on any atom is -0.434 e. The number of carbonyl (C=O) groups is 3. The number of halogens is 1. The second kappa shape index (κ2) is 9.86. The maximum Gasteiger partial charge on any atom is 0.405 e. The highest BCUT2D eigenvalue weighted by atomic mass is 19.1. The lowest BCUT2D eigenvalue weighted by atomic mass is 9.77. The number of rotatable bonds is 7. The van der Waals surface area contributed by atoms with Crippen molar-refractivity contribution in [2.24, 2.45) is 11.7 Å². The molecule has 1 saturated carbocycles. The van der Waals surface area contributed by atoms with Crippen LogP contribution in [0, 0.1) is 11.7 Å². The Bertz CT molecular complexity index is 1030. The van der Waals surface area contributed by atoms with E-state index in [1.54, 1.807) is 4.90 Å². The van der Waals surface area contributed by atoms with Gasteiger partial charge in [0.15, 0.2) is 11.2 Å². The monoisotopic (exact) mass is 461 g/mol. The third-order valence-electron chi connectivity index (χ3n) is 6.40. The molecule has 0 radical (unpaired) electrons. The predicted octanol–water partition coefficient (Wildman–Crippen LogP) is 3.20. The summed E-state index contributed by atoms with van der Waals surface area (Å²) in [6.07, 6.45) is 3.38. The Balaban J connectivity index is 1.70. The molecule has 10 heteroatoms. The highest BCUT2D eigenvalue weighted by Crippen LogP contribution is 2.37. The van der Waals surface area contributed by atoms with Gasteiger partial charge >= 0.3 is 6.09 Å². The Morgan fingerprint density at radius 2 is 1.91 bits per heavy atom. The van der Waals surface area contributed by atoms with Crippen LogP contribution in [0.15, 0.2) is 22.6 Å². The SMILES string of the molecule is NC(=O)OC(CC(=O)N1CCOCC1)(CC1CCCCC1)C(=O)c1nc2ccc(F)cc2o1. The van der Waals surface area contributed by atoms with Crippen LogP contribution in [-0.2, 0) is 14.3 Å². The molecule has 1 aliphatic carbocycles. The summed E-state index contributed by atoms with van der Waals surface area (Å²) >= 11 is 0. The first-order valence-electron chi connectivity index (χ1n) is 11.3. The van der Waals surface area contributed by atoms with Gasteiger partial charge in [0.25, 0.3) is 11.7 Å². The number of Topliss-reactive ketones (excluding diaryl/α,β-unsaturated/α-hetero) is 1. The van der Waals surface area contributed by atoms with Crippen molar-refractivity contribution in [1.29, 1.82) is 0 Å². The summed E-state index contributed by atoms with van der Waals surface area (Å²) in [5, 5.41) is 0. The third kappa shape index (κ3) is 5.32. The number of ether oxygens (including phenoxy) is 2. The predicted molar refractivity (Wildman–Crippen MR) is 115 cm³/mol. The average molecular weight is 461 g/mol. The maximum atomic E-state index is 13.8. The summed E-state index contributed by atoms with van der Waals surface area (Å²) in [5.41, 5.74) is 3.90. The highest BCUT2D eigenvalue weighted by Gasteiger charge is 2.49. The lowest BCUT2D eigenvalue weighted by Crippen LogP contribution is -2.51. The maximum absolute atomic E-state index is 13.8. The topological polar surface area (TPSA) is 125 Å². The van der Waals surface area contributed by atoms with Gasteiger partial charge in [0.2, 0.25) is 5.91 Å². The summed E-state index contributed by atoms with van der Waals surface area (Å²) in [5.74, 6) is -1.90. The second-order valence-electron chi connectivity index (χ2n) is 8.75. The summed E-state index contributed by atoms with van der Waals surface area (Å²) < 4.78 is 29.9. The first-order chi connectivity index (χ1) is 15.9. The molecule has 4 rings (SSSR count). The minimum absolute atomic E-state index is 0.0707. The van der Waals surface area contributed by atoms with Gasteiger partial charge in [-0.05, 0) is 24.5 Å². The number of hydrogen-bond acceptors (Lipinski definition) is 7. The second-order valence-corrected chi connectivity index (χ2v) is 8.75. The van der Waals surface area contributed by atoms with Crippen molar-refractivity contribution in [2.75, 3.05) is 26.3 Å². The molecule has 1 aromatic heterocycles. The first kappa shape index (κ1) is 23.2. The number of benzene rings is 1. The smallest absolute Gasteiger partial charge is 0.405 e. The normalized spacial score (nSPS) is 19.2. The van der Waals surface area contributed by atoms with Crippen molar-refractivity contribution in [1.82, 2.24) is 9.88 Å². The summed E-state index contributed by atoms with van der Waals surface area (Å²) in [6, 6.07) is 3.72. The third-order valence-corrected chi connectivity index (χ3v) is 6.40. The number of ketones is 1. The number of primary amides is 1. The van der Waals surface area contributed by atoms with E-state index in [2.05, 4.69) is 4.98 Å². The first-order valence-corrected chi connectivity index (χ1v) is 11.3. The van der Waals surface area contributed by atoms with Crippen molar-refractivity contribution in [3.8, 4) is 0 Å². The molecule has 9 nitrogen and oxygen atoms in total. The summed E-state index contributed by atoms with van der Waals surface area (Å²) in [4.78, 5) is 44.7. The molecule has 1 unspecified atom stereocenters. The molecule has 1 saturated heterocycles. The molecule has 2 amide bonds. The number of nitrogens with two attached hydrogens (primary N) is 1. The van der Waals surface area contributed by atoms with Crippen molar-refractivity contribution in [2.45, 2.75) is 50.5 Å². The van der Waals surface area contributed by atoms with Gasteiger partial charge in [-0.2, -0.15) is 0 Å². The molecule has 33 heavy (non-hydrogen) atoms. The van der Waals surface area contributed by atoms with E-state index in [1.165, 1.54) is 12.1 Å². The molecule has 2 N–H and O–H groups in total. The molecular weight excluding hydrogens is 433 g/mol. The zero-order valence-electron chi connectivity index (χ0n) is 18.4. The van der Waals surface area contributed by atoms with Gasteiger partial charge < -0.3 is 24.5 Å². The standard InChI is InChI=1S/C23H28FN3O6/c24-16-6-7-17-18(12-16)32-21(26-17)20(29)23(33-22(25)30,13-15-4-2-1-3-5-15)14-19(28)27-8-10-31-11-9-27/h6-7,12,15H,1-5,8-11,13-14H2,(H2,25,30). The van der Waals surface area contributed by atoms with Crippen molar-refractivity contribution in [3.05, 3.63) is 29.9 Å². The fourth-order valence-corrected chi connectivity index (χ4v) is 4.78. The Kier molecular flexibility index (Phi) is 6.92. The molecular formula is C23H28FN3O6. The van der Waals surface area contributed by atoms with E-state index < -0.39 is 23.3 Å². The van der Waals surface area contributed by atoms with E-state index >= 15 is 0 Å². The summed E-state index contributed by atoms with van der Waals surface area (Å²) in [6.45, 7) is 1.54. The fraction of sp³-hybridized carbons (Fsp3) is 0.565. The van der Waals surface area contributed by atoms with Gasteiger partial charge in [-0.15, -0.1) is 0 Å². The van der Waals surface area contributed by atoms with Crippen LogP contribution >= 0.6 is 0 Å². The molecule has 2 aromatic rings. The summed E-state index contributed by atoms with van der Waals surface area (Å²) in [7, 11) is 0. The van der Waals surface area contributed by atoms with E-state index in [4.69, 9.17) is 19.6 Å². The van der Waals surface area contributed by atoms with Gasteiger partial charge in [0, 0.05) is 19.2 Å². The lowest BCUT2D eigenvalue weighted by molar-refractivity contribution is -0.139. The van der Waals surface area contributed by atoms with Crippen LogP contribution in [0.25, 0.3) is 11.1 Å². The number of carbonyl (C=O) groups excluding carboxylic acids is 3. The van der Waals surface area contributed by atoms with Crippen LogP contribution in [-0.4, -0.2) is 59.6 Å². The molecule has 1 atom stereocenters. The van der Waals surface area contributed by atoms with Gasteiger partial charge in [-0.25, -0.2) is 14.2 Å². The molecule has 0 bridgehead atoms. The number of amides is 2. The zero-order valence-corrected chi connectivity index (χ0v) is 18.4. The van der Waals surface area contributed by atoms with Crippen LogP contribution in [0.4, 0.5) is 9.18 Å². The van der Waals surface area contributed by atoms with Crippen LogP contribution in [0.3, 0.4) is 0 Å². The minimum atomic E-state index is -1.86. The van der Waals surface area contributed by atoms with Crippen molar-refractivity contribution in [3.63, 3.8) is 0 Å². The number of oxazole rings is 1. The van der Waals surface area contributed by atoms with Gasteiger partial charge in [0.1, 0.15) is 11.3 Å². The van der Waals surface area contributed by atoms with Crippen molar-refractivity contribution < 1.29 is 32.7 Å². The Labute approximate surface area is 190 Å². The number of hydrogen-bond donors (Lipinski definition) is 1. The van der Waals surface area contributed by atoms with Crippen LogP contribution < -0.4 is 5.73 Å². The van der Waals surface area contributed by atoms with E-state index in [0.717, 1.165) is 38.2 Å². The van der Waals surface area contributed by atoms with Gasteiger partial charge in [0.05, 0.1) is 19.6 Å². The molecule has 2 fully saturated rings. The molecule has 2 heterocycles.